The average Bonchev–Trinajstić information content (AvgIpc) is 2.61. The molecule has 2 aromatic rings. The van der Waals surface area contributed by atoms with E-state index < -0.39 is 9.84 Å². The maximum Gasteiger partial charge on any atom is 0.153 e. The van der Waals surface area contributed by atoms with Gasteiger partial charge >= 0.3 is 0 Å². The Morgan fingerprint density at radius 3 is 2.42 bits per heavy atom. The lowest BCUT2D eigenvalue weighted by atomic mass is 9.87. The molecule has 0 aromatic heterocycles. The van der Waals surface area contributed by atoms with Crippen LogP contribution in [0.1, 0.15) is 37.7 Å². The second-order valence-electron chi connectivity index (χ2n) is 6.98. The van der Waals surface area contributed by atoms with Gasteiger partial charge in [0.15, 0.2) is 9.84 Å². The quantitative estimate of drug-likeness (QED) is 0.868. The first kappa shape index (κ1) is 17.4. The molecule has 3 rings (SSSR count). The van der Waals surface area contributed by atoms with E-state index in [4.69, 9.17) is 5.73 Å². The summed E-state index contributed by atoms with van der Waals surface area (Å²) in [5.41, 5.74) is 6.75. The van der Waals surface area contributed by atoms with Gasteiger partial charge in [-0.25, -0.2) is 8.42 Å². The van der Waals surface area contributed by atoms with Crippen molar-refractivity contribution in [3.63, 3.8) is 0 Å². The molecule has 1 aliphatic rings. The summed E-state index contributed by atoms with van der Waals surface area (Å²) in [5, 5.41) is 2.19. The van der Waals surface area contributed by atoms with Crippen LogP contribution >= 0.6 is 0 Å². The highest BCUT2D eigenvalue weighted by molar-refractivity contribution is 7.92. The van der Waals surface area contributed by atoms with Gasteiger partial charge in [0.2, 0.25) is 0 Å². The van der Waals surface area contributed by atoms with Crippen LogP contribution in [0.25, 0.3) is 10.8 Å². The van der Waals surface area contributed by atoms with Crippen molar-refractivity contribution in [3.8, 4) is 0 Å². The Balaban J connectivity index is 1.65. The fourth-order valence-corrected chi connectivity index (χ4v) is 5.77. The molecule has 3 nitrogen and oxygen atoms in total. The lowest BCUT2D eigenvalue weighted by Crippen LogP contribution is -2.30. The van der Waals surface area contributed by atoms with Gasteiger partial charge in [0.05, 0.1) is 11.0 Å². The Morgan fingerprint density at radius 1 is 0.958 bits per heavy atom. The molecule has 2 aromatic carbocycles. The Morgan fingerprint density at radius 2 is 1.67 bits per heavy atom. The van der Waals surface area contributed by atoms with Crippen LogP contribution in [0.2, 0.25) is 0 Å². The van der Waals surface area contributed by atoms with Crippen LogP contribution in [0.3, 0.4) is 0 Å². The summed E-state index contributed by atoms with van der Waals surface area (Å²) in [7, 11) is -3.02. The summed E-state index contributed by atoms with van der Waals surface area (Å²) >= 11 is 0. The van der Waals surface area contributed by atoms with Crippen LogP contribution in [-0.2, 0) is 16.3 Å². The number of rotatable bonds is 6. The lowest BCUT2D eigenvalue weighted by molar-refractivity contribution is 0.342. The van der Waals surface area contributed by atoms with E-state index in [0.29, 0.717) is 18.9 Å². The van der Waals surface area contributed by atoms with Gasteiger partial charge < -0.3 is 5.73 Å². The molecule has 0 amide bonds. The van der Waals surface area contributed by atoms with Crippen LogP contribution in [-0.4, -0.2) is 26.0 Å². The molecular formula is C20H27NO2S. The zero-order valence-corrected chi connectivity index (χ0v) is 15.0. The van der Waals surface area contributed by atoms with E-state index in [0.717, 1.165) is 37.7 Å². The Hall–Kier alpha value is -1.39. The highest BCUT2D eigenvalue weighted by Crippen LogP contribution is 2.31. The number of nitrogens with two attached hydrogens (primary N) is 1. The van der Waals surface area contributed by atoms with Crippen molar-refractivity contribution in [2.24, 2.45) is 11.7 Å². The normalized spacial score (nSPS) is 21.9. The topological polar surface area (TPSA) is 60.2 Å². The molecule has 1 aliphatic carbocycles. The van der Waals surface area contributed by atoms with Gasteiger partial charge in [-0.1, -0.05) is 42.5 Å². The second-order valence-corrected chi connectivity index (χ2v) is 9.38. The standard InChI is InChI=1S/C20H27NO2S/c21-14-12-16-8-10-19(11-9-16)24(22,23)15-13-18-6-3-5-17-4-1-2-7-20(17)18/h1-7,16,19H,8-15,21H2. The van der Waals surface area contributed by atoms with Crippen LogP contribution in [0, 0.1) is 5.92 Å². The van der Waals surface area contributed by atoms with Gasteiger partial charge in [-0.15, -0.1) is 0 Å². The Kier molecular flexibility index (Phi) is 5.57. The van der Waals surface area contributed by atoms with Gasteiger partial charge in [-0.05, 0) is 67.3 Å². The third kappa shape index (κ3) is 3.98. The molecule has 0 aliphatic heterocycles. The molecule has 24 heavy (non-hydrogen) atoms. The second kappa shape index (κ2) is 7.66. The summed E-state index contributed by atoms with van der Waals surface area (Å²) in [6.07, 6.45) is 5.27. The molecule has 0 unspecified atom stereocenters. The van der Waals surface area contributed by atoms with Gasteiger partial charge in [0.1, 0.15) is 0 Å². The molecule has 0 bridgehead atoms. The molecule has 130 valence electrons. The van der Waals surface area contributed by atoms with Crippen LogP contribution in [0.15, 0.2) is 42.5 Å². The molecule has 0 saturated heterocycles. The lowest BCUT2D eigenvalue weighted by Gasteiger charge is -2.28. The van der Waals surface area contributed by atoms with Crippen molar-refractivity contribution < 1.29 is 8.42 Å². The average molecular weight is 346 g/mol. The summed E-state index contributed by atoms with van der Waals surface area (Å²) < 4.78 is 25.5. The summed E-state index contributed by atoms with van der Waals surface area (Å²) in [6.45, 7) is 0.711. The van der Waals surface area contributed by atoms with Crippen molar-refractivity contribution in [1.29, 1.82) is 0 Å². The van der Waals surface area contributed by atoms with Crippen LogP contribution in [0.4, 0.5) is 0 Å². The molecule has 0 heterocycles. The smallest absolute Gasteiger partial charge is 0.153 e. The van der Waals surface area contributed by atoms with Crippen LogP contribution in [0.5, 0.6) is 0 Å². The van der Waals surface area contributed by atoms with E-state index in [1.54, 1.807) is 0 Å². The third-order valence-electron chi connectivity index (χ3n) is 5.41. The first-order valence-electron chi connectivity index (χ1n) is 8.98. The van der Waals surface area contributed by atoms with Gasteiger partial charge in [0.25, 0.3) is 0 Å². The molecule has 0 radical (unpaired) electrons. The van der Waals surface area contributed by atoms with Crippen molar-refractivity contribution in [3.05, 3.63) is 48.0 Å². The fraction of sp³-hybridized carbons (Fsp3) is 0.500. The molecule has 2 N–H and O–H groups in total. The van der Waals surface area contributed by atoms with Crippen LogP contribution < -0.4 is 5.73 Å². The van der Waals surface area contributed by atoms with E-state index in [2.05, 4.69) is 24.3 Å². The number of sulfone groups is 1. The minimum Gasteiger partial charge on any atom is -0.330 e. The Labute approximate surface area is 145 Å². The number of hydrogen-bond acceptors (Lipinski definition) is 3. The predicted molar refractivity (Wildman–Crippen MR) is 101 cm³/mol. The van der Waals surface area contributed by atoms with Crippen molar-refractivity contribution >= 4 is 20.6 Å². The molecule has 0 atom stereocenters. The first-order chi connectivity index (χ1) is 11.6. The molecule has 1 fully saturated rings. The highest BCUT2D eigenvalue weighted by Gasteiger charge is 2.30. The molecule has 0 spiro atoms. The van der Waals surface area contributed by atoms with Crippen molar-refractivity contribution in [2.75, 3.05) is 12.3 Å². The van der Waals surface area contributed by atoms with Crippen molar-refractivity contribution in [1.82, 2.24) is 0 Å². The summed E-state index contributed by atoms with van der Waals surface area (Å²) in [4.78, 5) is 0. The fourth-order valence-electron chi connectivity index (χ4n) is 3.94. The van der Waals surface area contributed by atoms with E-state index >= 15 is 0 Å². The summed E-state index contributed by atoms with van der Waals surface area (Å²) in [6, 6.07) is 14.3. The van der Waals surface area contributed by atoms with Gasteiger partial charge in [0, 0.05) is 0 Å². The Bertz CT molecular complexity index is 772. The maximum absolute atomic E-state index is 12.7. The van der Waals surface area contributed by atoms with Crippen molar-refractivity contribution in [2.45, 2.75) is 43.8 Å². The number of fused-ring (bicyclic) bond motifs is 1. The third-order valence-corrected chi connectivity index (χ3v) is 7.67. The minimum atomic E-state index is -3.02. The SMILES string of the molecule is NCCC1CCC(S(=O)(=O)CCc2cccc3ccccc23)CC1. The maximum atomic E-state index is 12.7. The summed E-state index contributed by atoms with van der Waals surface area (Å²) in [5.74, 6) is 0.882. The van der Waals surface area contributed by atoms with Gasteiger partial charge in [-0.3, -0.25) is 0 Å². The zero-order chi connectivity index (χ0) is 17.0. The van der Waals surface area contributed by atoms with E-state index in [1.165, 1.54) is 10.8 Å². The van der Waals surface area contributed by atoms with Gasteiger partial charge in [-0.2, -0.15) is 0 Å². The van der Waals surface area contributed by atoms with E-state index in [9.17, 15) is 8.42 Å². The molecular weight excluding hydrogens is 318 g/mol. The first-order valence-corrected chi connectivity index (χ1v) is 10.7. The highest BCUT2D eigenvalue weighted by atomic mass is 32.2. The van der Waals surface area contributed by atoms with E-state index in [-0.39, 0.29) is 11.0 Å². The number of aryl methyl sites for hydroxylation is 1. The number of hydrogen-bond donors (Lipinski definition) is 1. The zero-order valence-electron chi connectivity index (χ0n) is 14.2. The number of benzene rings is 2. The van der Waals surface area contributed by atoms with E-state index in [1.807, 2.05) is 18.2 Å². The molecule has 4 heteroatoms. The monoisotopic (exact) mass is 345 g/mol. The minimum absolute atomic E-state index is 0.151. The molecule has 1 saturated carbocycles. The predicted octanol–water partition coefficient (Wildman–Crippen LogP) is 3.70. The largest absolute Gasteiger partial charge is 0.330 e.